The Morgan fingerprint density at radius 3 is 2.95 bits per heavy atom. The molecule has 0 saturated carbocycles. The second-order valence-electron chi connectivity index (χ2n) is 5.19. The molecule has 2 N–H and O–H groups in total. The average molecular weight is 282 g/mol. The van der Waals surface area contributed by atoms with Crippen molar-refractivity contribution in [2.24, 2.45) is 5.92 Å². The van der Waals surface area contributed by atoms with Gasteiger partial charge in [-0.1, -0.05) is 31.5 Å². The number of hydrogen-bond acceptors (Lipinski definition) is 3. The second kappa shape index (κ2) is 6.37. The maximum atomic E-state index is 9.81. The van der Waals surface area contributed by atoms with Gasteiger partial charge in [-0.15, -0.1) is 0 Å². The van der Waals surface area contributed by atoms with E-state index < -0.39 is 0 Å². The largest absolute Gasteiger partial charge is 0.392 e. The van der Waals surface area contributed by atoms with Crippen LogP contribution in [0.4, 0.5) is 0 Å². The molecule has 104 valence electrons. The molecule has 0 amide bonds. The molecule has 0 fully saturated rings. The van der Waals surface area contributed by atoms with Crippen LogP contribution < -0.4 is 5.32 Å². The van der Waals surface area contributed by atoms with Gasteiger partial charge in [-0.3, -0.25) is 0 Å². The van der Waals surface area contributed by atoms with E-state index >= 15 is 0 Å². The van der Waals surface area contributed by atoms with Crippen LogP contribution in [-0.2, 0) is 6.54 Å². The van der Waals surface area contributed by atoms with E-state index in [4.69, 9.17) is 11.6 Å². The van der Waals surface area contributed by atoms with Crippen molar-refractivity contribution in [3.05, 3.63) is 35.2 Å². The minimum absolute atomic E-state index is 0.321. The molecule has 0 aromatic carbocycles. The van der Waals surface area contributed by atoms with Crippen molar-refractivity contribution in [1.29, 1.82) is 0 Å². The molecule has 1 atom stereocenters. The molecule has 0 spiro atoms. The van der Waals surface area contributed by atoms with Crippen molar-refractivity contribution < 1.29 is 5.11 Å². The summed E-state index contributed by atoms with van der Waals surface area (Å²) in [6.07, 6.45) is 2.42. The standard InChI is InChI=1S/C14H20ClN3O/c1-10(2)7-11(19)8-16-9-12-14(15)17-13-5-3-4-6-18(12)13/h3-6,10-11,16,19H,7-9H2,1-2H3. The highest BCUT2D eigenvalue weighted by atomic mass is 35.5. The van der Waals surface area contributed by atoms with Crippen molar-refractivity contribution in [1.82, 2.24) is 14.7 Å². The van der Waals surface area contributed by atoms with Crippen LogP contribution in [0, 0.1) is 5.92 Å². The highest BCUT2D eigenvalue weighted by Gasteiger charge is 2.11. The number of aliphatic hydroxyl groups is 1. The summed E-state index contributed by atoms with van der Waals surface area (Å²) in [5.41, 5.74) is 1.76. The van der Waals surface area contributed by atoms with Gasteiger partial charge < -0.3 is 14.8 Å². The first-order valence-corrected chi connectivity index (χ1v) is 6.96. The van der Waals surface area contributed by atoms with Crippen LogP contribution in [0.15, 0.2) is 24.4 Å². The molecule has 0 radical (unpaired) electrons. The minimum atomic E-state index is -0.321. The minimum Gasteiger partial charge on any atom is -0.392 e. The predicted molar refractivity (Wildman–Crippen MR) is 77.4 cm³/mol. The third-order valence-corrected chi connectivity index (χ3v) is 3.30. The van der Waals surface area contributed by atoms with Gasteiger partial charge in [0.2, 0.25) is 0 Å². The number of pyridine rings is 1. The van der Waals surface area contributed by atoms with E-state index in [9.17, 15) is 5.11 Å². The first kappa shape index (κ1) is 14.3. The quantitative estimate of drug-likeness (QED) is 0.855. The molecule has 2 aromatic rings. The smallest absolute Gasteiger partial charge is 0.152 e. The number of imidazole rings is 1. The van der Waals surface area contributed by atoms with Crippen molar-refractivity contribution in [3.8, 4) is 0 Å². The van der Waals surface area contributed by atoms with Crippen LogP contribution in [0.5, 0.6) is 0 Å². The van der Waals surface area contributed by atoms with Crippen LogP contribution in [0.2, 0.25) is 5.15 Å². The lowest BCUT2D eigenvalue weighted by Gasteiger charge is -2.13. The topological polar surface area (TPSA) is 49.6 Å². The number of hydrogen-bond donors (Lipinski definition) is 2. The van der Waals surface area contributed by atoms with E-state index in [0.717, 1.165) is 17.8 Å². The van der Waals surface area contributed by atoms with Crippen molar-refractivity contribution in [3.63, 3.8) is 0 Å². The fourth-order valence-electron chi connectivity index (χ4n) is 2.16. The number of aliphatic hydroxyl groups excluding tert-OH is 1. The van der Waals surface area contributed by atoms with Gasteiger partial charge in [0.1, 0.15) is 5.65 Å². The summed E-state index contributed by atoms with van der Waals surface area (Å²) in [6.45, 7) is 5.36. The van der Waals surface area contributed by atoms with E-state index in [2.05, 4.69) is 24.1 Å². The van der Waals surface area contributed by atoms with E-state index in [1.54, 1.807) is 0 Å². The zero-order valence-corrected chi connectivity index (χ0v) is 12.1. The monoisotopic (exact) mass is 281 g/mol. The van der Waals surface area contributed by atoms with Gasteiger partial charge in [0.25, 0.3) is 0 Å². The summed E-state index contributed by atoms with van der Waals surface area (Å²) in [4.78, 5) is 4.29. The first-order chi connectivity index (χ1) is 9.08. The fourth-order valence-corrected chi connectivity index (χ4v) is 2.41. The van der Waals surface area contributed by atoms with E-state index in [-0.39, 0.29) is 6.10 Å². The number of rotatable bonds is 6. The second-order valence-corrected chi connectivity index (χ2v) is 5.55. The first-order valence-electron chi connectivity index (χ1n) is 6.58. The summed E-state index contributed by atoms with van der Waals surface area (Å²) in [5, 5.41) is 13.6. The van der Waals surface area contributed by atoms with Crippen LogP contribution in [0.1, 0.15) is 26.0 Å². The summed E-state index contributed by atoms with van der Waals surface area (Å²) in [5.74, 6) is 0.496. The molecular formula is C14H20ClN3O. The summed E-state index contributed by atoms with van der Waals surface area (Å²) in [6, 6.07) is 5.80. The Hall–Kier alpha value is -1.10. The van der Waals surface area contributed by atoms with Gasteiger partial charge in [0.05, 0.1) is 11.8 Å². The van der Waals surface area contributed by atoms with Crippen LogP contribution >= 0.6 is 11.6 Å². The molecule has 2 aromatic heterocycles. The van der Waals surface area contributed by atoms with Gasteiger partial charge in [0, 0.05) is 19.3 Å². The van der Waals surface area contributed by atoms with Crippen molar-refractivity contribution >= 4 is 17.2 Å². The van der Waals surface area contributed by atoms with Crippen LogP contribution in [-0.4, -0.2) is 27.1 Å². The van der Waals surface area contributed by atoms with E-state index in [1.165, 1.54) is 0 Å². The number of nitrogens with one attached hydrogen (secondary N) is 1. The zero-order chi connectivity index (χ0) is 13.8. The molecular weight excluding hydrogens is 262 g/mol. The molecule has 4 nitrogen and oxygen atoms in total. The fraction of sp³-hybridized carbons (Fsp3) is 0.500. The molecule has 0 bridgehead atoms. The molecule has 2 rings (SSSR count). The number of nitrogens with zero attached hydrogens (tertiary/aromatic N) is 2. The third kappa shape index (κ3) is 3.69. The maximum Gasteiger partial charge on any atom is 0.152 e. The maximum absolute atomic E-state index is 9.81. The summed E-state index contributed by atoms with van der Waals surface area (Å²) >= 11 is 6.13. The lowest BCUT2D eigenvalue weighted by Crippen LogP contribution is -2.28. The van der Waals surface area contributed by atoms with E-state index in [0.29, 0.717) is 24.2 Å². The molecule has 0 saturated heterocycles. The number of fused-ring (bicyclic) bond motifs is 1. The highest BCUT2D eigenvalue weighted by molar-refractivity contribution is 6.30. The molecule has 19 heavy (non-hydrogen) atoms. The zero-order valence-electron chi connectivity index (χ0n) is 11.3. The molecule has 0 aliphatic heterocycles. The number of aromatic nitrogens is 2. The highest BCUT2D eigenvalue weighted by Crippen LogP contribution is 2.17. The van der Waals surface area contributed by atoms with Gasteiger partial charge in [-0.25, -0.2) is 4.98 Å². The molecule has 1 unspecified atom stereocenters. The summed E-state index contributed by atoms with van der Waals surface area (Å²) in [7, 11) is 0. The van der Waals surface area contributed by atoms with Crippen LogP contribution in [0.3, 0.4) is 0 Å². The van der Waals surface area contributed by atoms with Gasteiger partial charge in [0.15, 0.2) is 5.15 Å². The van der Waals surface area contributed by atoms with E-state index in [1.807, 2.05) is 28.8 Å². The van der Waals surface area contributed by atoms with Gasteiger partial charge >= 0.3 is 0 Å². The number of halogens is 1. The molecule has 0 aliphatic rings. The summed E-state index contributed by atoms with van der Waals surface area (Å²) < 4.78 is 1.96. The predicted octanol–water partition coefficient (Wildman–Crippen LogP) is 2.48. The molecule has 2 heterocycles. The molecule has 0 aliphatic carbocycles. The SMILES string of the molecule is CC(C)CC(O)CNCc1c(Cl)nc2ccccn12. The Balaban J connectivity index is 1.96. The Kier molecular flexibility index (Phi) is 4.80. The molecule has 5 heteroatoms. The average Bonchev–Trinajstić information content (AvgIpc) is 2.65. The Morgan fingerprint density at radius 1 is 1.42 bits per heavy atom. The third-order valence-electron chi connectivity index (χ3n) is 3.00. The lowest BCUT2D eigenvalue weighted by molar-refractivity contribution is 0.146. The normalized spacial score (nSPS) is 13.3. The van der Waals surface area contributed by atoms with Crippen molar-refractivity contribution in [2.75, 3.05) is 6.54 Å². The van der Waals surface area contributed by atoms with Gasteiger partial charge in [-0.05, 0) is 24.5 Å². The Labute approximate surface area is 118 Å². The van der Waals surface area contributed by atoms with Crippen LogP contribution in [0.25, 0.3) is 5.65 Å². The Morgan fingerprint density at radius 2 is 2.21 bits per heavy atom. The Bertz CT molecular complexity index is 538. The lowest BCUT2D eigenvalue weighted by atomic mass is 10.1. The van der Waals surface area contributed by atoms with Gasteiger partial charge in [-0.2, -0.15) is 0 Å². The van der Waals surface area contributed by atoms with Crippen molar-refractivity contribution in [2.45, 2.75) is 32.9 Å².